The van der Waals surface area contributed by atoms with Crippen LogP contribution in [0.2, 0.25) is 0 Å². The van der Waals surface area contributed by atoms with Gasteiger partial charge in [-0.3, -0.25) is 9.69 Å². The third-order valence-corrected chi connectivity index (χ3v) is 7.60. The van der Waals surface area contributed by atoms with Crippen LogP contribution in [0.25, 0.3) is 0 Å². The second kappa shape index (κ2) is 9.57. The van der Waals surface area contributed by atoms with E-state index in [1.54, 1.807) is 7.11 Å². The Kier molecular flexibility index (Phi) is 7.10. The first-order chi connectivity index (χ1) is 14.3. The number of likely N-dealkylation sites (tertiary alicyclic amines) is 1. The monoisotopic (exact) mass is 434 g/mol. The standard InChI is InChI=1S/C22H27FN2O4S/c1-16(30(27,28)18-11-9-17(23)10-12-18)22(26)24-15-20(25-13-5-6-14-25)19-7-3-4-8-21(19)29-2/h3-4,7-12,16,20H,5-6,13-15H2,1-2H3,(H,24,26). The summed E-state index contributed by atoms with van der Waals surface area (Å²) in [6.07, 6.45) is 2.16. The molecule has 1 N–H and O–H groups in total. The van der Waals surface area contributed by atoms with Crippen LogP contribution < -0.4 is 10.1 Å². The number of methoxy groups -OCH3 is 1. The fourth-order valence-electron chi connectivity index (χ4n) is 3.74. The number of hydrogen-bond acceptors (Lipinski definition) is 5. The van der Waals surface area contributed by atoms with Crippen molar-refractivity contribution in [3.63, 3.8) is 0 Å². The first-order valence-corrected chi connectivity index (χ1v) is 11.5. The molecule has 1 fully saturated rings. The predicted octanol–water partition coefficient (Wildman–Crippen LogP) is 2.95. The molecule has 1 amide bonds. The summed E-state index contributed by atoms with van der Waals surface area (Å²) in [5.74, 6) is -0.384. The summed E-state index contributed by atoms with van der Waals surface area (Å²) in [4.78, 5) is 14.9. The Labute approximate surface area is 177 Å². The summed E-state index contributed by atoms with van der Waals surface area (Å²) in [5.41, 5.74) is 0.955. The van der Waals surface area contributed by atoms with E-state index >= 15 is 0 Å². The molecule has 0 bridgehead atoms. The fourth-order valence-corrected chi connectivity index (χ4v) is 5.03. The van der Waals surface area contributed by atoms with Crippen LogP contribution in [0.3, 0.4) is 0 Å². The molecule has 0 saturated carbocycles. The number of halogens is 1. The summed E-state index contributed by atoms with van der Waals surface area (Å²) in [7, 11) is -2.31. The van der Waals surface area contributed by atoms with Gasteiger partial charge in [-0.1, -0.05) is 18.2 Å². The van der Waals surface area contributed by atoms with Crippen molar-refractivity contribution >= 4 is 15.7 Å². The van der Waals surface area contributed by atoms with Gasteiger partial charge in [-0.25, -0.2) is 12.8 Å². The topological polar surface area (TPSA) is 75.7 Å². The Bertz CT molecular complexity index is 973. The van der Waals surface area contributed by atoms with Gasteiger partial charge in [-0.05, 0) is 63.2 Å². The van der Waals surface area contributed by atoms with Gasteiger partial charge >= 0.3 is 0 Å². The molecule has 1 heterocycles. The van der Waals surface area contributed by atoms with Crippen LogP contribution in [0.5, 0.6) is 5.75 Å². The van der Waals surface area contributed by atoms with Gasteiger partial charge < -0.3 is 10.1 Å². The summed E-state index contributed by atoms with van der Waals surface area (Å²) in [5, 5.41) is 1.52. The van der Waals surface area contributed by atoms with E-state index in [4.69, 9.17) is 4.74 Å². The second-order valence-electron chi connectivity index (χ2n) is 7.39. The van der Waals surface area contributed by atoms with Crippen LogP contribution in [0.1, 0.15) is 31.4 Å². The zero-order valence-electron chi connectivity index (χ0n) is 17.2. The molecular weight excluding hydrogens is 407 g/mol. The molecule has 2 aromatic carbocycles. The molecule has 0 aromatic heterocycles. The molecule has 0 aliphatic carbocycles. The van der Waals surface area contributed by atoms with Crippen LogP contribution in [0.4, 0.5) is 4.39 Å². The number of nitrogens with zero attached hydrogens (tertiary/aromatic N) is 1. The van der Waals surface area contributed by atoms with Gasteiger partial charge in [0.05, 0.1) is 18.0 Å². The molecule has 1 saturated heterocycles. The molecular formula is C22H27FN2O4S. The van der Waals surface area contributed by atoms with Crippen molar-refractivity contribution in [2.45, 2.75) is 36.0 Å². The lowest BCUT2D eigenvalue weighted by Gasteiger charge is -2.29. The molecule has 30 heavy (non-hydrogen) atoms. The van der Waals surface area contributed by atoms with Crippen molar-refractivity contribution in [2.24, 2.45) is 0 Å². The Hall–Kier alpha value is -2.45. The smallest absolute Gasteiger partial charge is 0.238 e. The van der Waals surface area contributed by atoms with Crippen molar-refractivity contribution in [3.8, 4) is 5.75 Å². The predicted molar refractivity (Wildman–Crippen MR) is 113 cm³/mol. The summed E-state index contributed by atoms with van der Waals surface area (Å²) < 4.78 is 44.1. The lowest BCUT2D eigenvalue weighted by Crippen LogP contribution is -2.42. The number of ether oxygens (including phenoxy) is 1. The average Bonchev–Trinajstić information content (AvgIpc) is 3.28. The summed E-state index contributed by atoms with van der Waals surface area (Å²) in [6, 6.07) is 12.0. The van der Waals surface area contributed by atoms with Gasteiger partial charge in [0.15, 0.2) is 9.84 Å². The van der Waals surface area contributed by atoms with Gasteiger partial charge in [-0.15, -0.1) is 0 Å². The number of amides is 1. The first-order valence-electron chi connectivity index (χ1n) is 9.98. The van der Waals surface area contributed by atoms with Gasteiger partial charge in [-0.2, -0.15) is 0 Å². The molecule has 0 radical (unpaired) electrons. The molecule has 0 spiro atoms. The molecule has 1 aliphatic heterocycles. The largest absolute Gasteiger partial charge is 0.496 e. The van der Waals surface area contributed by atoms with Crippen LogP contribution >= 0.6 is 0 Å². The SMILES string of the molecule is COc1ccccc1C(CNC(=O)C(C)S(=O)(=O)c1ccc(F)cc1)N1CCCC1. The van der Waals surface area contributed by atoms with E-state index in [1.165, 1.54) is 19.1 Å². The summed E-state index contributed by atoms with van der Waals surface area (Å²) >= 11 is 0. The zero-order chi connectivity index (χ0) is 21.7. The summed E-state index contributed by atoms with van der Waals surface area (Å²) in [6.45, 7) is 3.43. The number of benzene rings is 2. The number of carbonyl (C=O) groups is 1. The molecule has 2 aromatic rings. The molecule has 8 heteroatoms. The van der Waals surface area contributed by atoms with E-state index in [0.29, 0.717) is 0 Å². The van der Waals surface area contributed by atoms with Gasteiger partial charge in [0.1, 0.15) is 16.8 Å². The Morgan fingerprint density at radius 1 is 1.13 bits per heavy atom. The van der Waals surface area contributed by atoms with Gasteiger partial charge in [0.25, 0.3) is 0 Å². The van der Waals surface area contributed by atoms with Crippen molar-refractivity contribution in [1.82, 2.24) is 10.2 Å². The zero-order valence-corrected chi connectivity index (χ0v) is 18.0. The van der Waals surface area contributed by atoms with Crippen molar-refractivity contribution in [2.75, 3.05) is 26.7 Å². The maximum atomic E-state index is 13.1. The van der Waals surface area contributed by atoms with E-state index in [0.717, 1.165) is 49.4 Å². The van der Waals surface area contributed by atoms with E-state index in [1.807, 2.05) is 24.3 Å². The highest BCUT2D eigenvalue weighted by Gasteiger charge is 2.32. The number of nitrogens with one attached hydrogen (secondary N) is 1. The van der Waals surface area contributed by atoms with E-state index in [-0.39, 0.29) is 17.5 Å². The van der Waals surface area contributed by atoms with Crippen molar-refractivity contribution in [3.05, 3.63) is 59.9 Å². The number of sulfone groups is 1. The van der Waals surface area contributed by atoms with E-state index in [9.17, 15) is 17.6 Å². The van der Waals surface area contributed by atoms with Crippen molar-refractivity contribution < 1.29 is 22.3 Å². The lowest BCUT2D eigenvalue weighted by atomic mass is 10.0. The van der Waals surface area contributed by atoms with E-state index < -0.39 is 26.8 Å². The molecule has 2 atom stereocenters. The first kappa shape index (κ1) is 22.2. The fraction of sp³-hybridized carbons (Fsp3) is 0.409. The van der Waals surface area contributed by atoms with Crippen LogP contribution in [-0.2, 0) is 14.6 Å². The molecule has 2 unspecified atom stereocenters. The quantitative estimate of drug-likeness (QED) is 0.647. The van der Waals surface area contributed by atoms with Gasteiger partial charge in [0, 0.05) is 12.1 Å². The van der Waals surface area contributed by atoms with Gasteiger partial charge in [0.2, 0.25) is 5.91 Å². The number of hydrogen-bond donors (Lipinski definition) is 1. The minimum absolute atomic E-state index is 0.0765. The third kappa shape index (κ3) is 4.82. The second-order valence-corrected chi connectivity index (χ2v) is 9.66. The highest BCUT2D eigenvalue weighted by molar-refractivity contribution is 7.92. The molecule has 3 rings (SSSR count). The van der Waals surface area contributed by atoms with Crippen LogP contribution in [-0.4, -0.2) is 51.2 Å². The maximum absolute atomic E-state index is 13.1. The molecule has 1 aliphatic rings. The minimum atomic E-state index is -3.92. The van der Waals surface area contributed by atoms with Crippen LogP contribution in [0.15, 0.2) is 53.4 Å². The Morgan fingerprint density at radius 2 is 1.77 bits per heavy atom. The third-order valence-electron chi connectivity index (χ3n) is 5.53. The number of para-hydroxylation sites is 1. The Morgan fingerprint density at radius 3 is 2.40 bits per heavy atom. The minimum Gasteiger partial charge on any atom is -0.496 e. The molecule has 162 valence electrons. The highest BCUT2D eigenvalue weighted by Crippen LogP contribution is 2.31. The Balaban J connectivity index is 1.76. The number of carbonyl (C=O) groups excluding carboxylic acids is 1. The highest BCUT2D eigenvalue weighted by atomic mass is 32.2. The number of rotatable bonds is 8. The molecule has 6 nitrogen and oxygen atoms in total. The normalized spacial score (nSPS) is 16.8. The van der Waals surface area contributed by atoms with Crippen LogP contribution in [0, 0.1) is 5.82 Å². The van der Waals surface area contributed by atoms with Crippen molar-refractivity contribution in [1.29, 1.82) is 0 Å². The lowest BCUT2D eigenvalue weighted by molar-refractivity contribution is -0.120. The van der Waals surface area contributed by atoms with E-state index in [2.05, 4.69) is 10.2 Å². The average molecular weight is 435 g/mol. The maximum Gasteiger partial charge on any atom is 0.238 e.